The first-order valence-electron chi connectivity index (χ1n) is 9.73. The molecule has 5 heterocycles. The van der Waals surface area contributed by atoms with Crippen molar-refractivity contribution in [2.75, 3.05) is 11.9 Å². The highest BCUT2D eigenvalue weighted by atomic mass is 32.1. The second-order valence-electron chi connectivity index (χ2n) is 6.89. The number of nitrogens with zero attached hydrogens (tertiary/aromatic N) is 3. The molecule has 0 atom stereocenters. The molecule has 0 bridgehead atoms. The van der Waals surface area contributed by atoms with Crippen LogP contribution in [-0.2, 0) is 6.54 Å². The van der Waals surface area contributed by atoms with Crippen LogP contribution < -0.4 is 4.90 Å². The number of anilines is 1. The van der Waals surface area contributed by atoms with Crippen LogP contribution in [0.1, 0.15) is 9.75 Å². The van der Waals surface area contributed by atoms with E-state index >= 15 is 0 Å². The zero-order chi connectivity index (χ0) is 21.0. The lowest BCUT2D eigenvalue weighted by Crippen LogP contribution is -2.16. The molecule has 31 heavy (non-hydrogen) atoms. The molecule has 5 aromatic heterocycles. The largest absolute Gasteiger partial charge is 0.354 e. The van der Waals surface area contributed by atoms with Gasteiger partial charge in [-0.25, -0.2) is 9.98 Å². The Morgan fingerprint density at radius 3 is 2.29 bits per heavy atom. The fourth-order valence-electron chi connectivity index (χ4n) is 3.13. The minimum Gasteiger partial charge on any atom is -0.354 e. The van der Waals surface area contributed by atoms with Gasteiger partial charge in [0, 0.05) is 42.5 Å². The van der Waals surface area contributed by atoms with E-state index in [1.165, 1.54) is 24.4 Å². The van der Waals surface area contributed by atoms with E-state index in [1.54, 1.807) is 34.0 Å². The molecule has 0 aliphatic heterocycles. The standard InChI is InChI=1S/C24H19N3S4/c1-27(16-18-10-12-22(31-18)20-6-4-14-29-20)24-8-2-7-23(26-24)25-15-17-9-11-21(30-17)19-5-3-13-28-19/h2-15H,16H2,1H3. The fraction of sp³-hybridized carbons (Fsp3) is 0.0833. The lowest BCUT2D eigenvalue weighted by molar-refractivity contribution is 0.913. The summed E-state index contributed by atoms with van der Waals surface area (Å²) >= 11 is 7.13. The Kier molecular flexibility index (Phi) is 6.08. The van der Waals surface area contributed by atoms with Gasteiger partial charge in [-0.1, -0.05) is 18.2 Å². The zero-order valence-corrected chi connectivity index (χ0v) is 20.0. The van der Waals surface area contributed by atoms with Crippen LogP contribution in [0.5, 0.6) is 0 Å². The number of hydrogen-bond acceptors (Lipinski definition) is 7. The Morgan fingerprint density at radius 1 is 0.806 bits per heavy atom. The molecule has 0 radical (unpaired) electrons. The second-order valence-corrected chi connectivity index (χ2v) is 11.1. The van der Waals surface area contributed by atoms with Crippen LogP contribution >= 0.6 is 45.3 Å². The number of thiophene rings is 4. The summed E-state index contributed by atoms with van der Waals surface area (Å²) < 4.78 is 0. The Balaban J connectivity index is 1.27. The average Bonchev–Trinajstić information content (AvgIpc) is 3.59. The van der Waals surface area contributed by atoms with E-state index in [0.717, 1.165) is 23.1 Å². The second kappa shape index (κ2) is 9.28. The first kappa shape index (κ1) is 20.3. The van der Waals surface area contributed by atoms with Crippen molar-refractivity contribution >= 4 is 63.2 Å². The molecule has 7 heteroatoms. The first-order chi connectivity index (χ1) is 15.2. The molecule has 0 saturated heterocycles. The third kappa shape index (κ3) is 4.85. The molecule has 0 fully saturated rings. The van der Waals surface area contributed by atoms with Gasteiger partial charge in [0.05, 0.1) is 6.54 Å². The molecule has 3 nitrogen and oxygen atoms in total. The number of pyridine rings is 1. The smallest absolute Gasteiger partial charge is 0.154 e. The van der Waals surface area contributed by atoms with Gasteiger partial charge in [-0.2, -0.15) is 0 Å². The number of aliphatic imine (C=N–C) groups is 1. The lowest BCUT2D eigenvalue weighted by Gasteiger charge is -2.17. The van der Waals surface area contributed by atoms with Gasteiger partial charge in [0.2, 0.25) is 0 Å². The highest BCUT2D eigenvalue weighted by Gasteiger charge is 2.09. The van der Waals surface area contributed by atoms with E-state index in [9.17, 15) is 0 Å². The van der Waals surface area contributed by atoms with Gasteiger partial charge in [0.1, 0.15) is 5.82 Å². The summed E-state index contributed by atoms with van der Waals surface area (Å²) in [6.07, 6.45) is 1.90. The van der Waals surface area contributed by atoms with Crippen molar-refractivity contribution in [1.82, 2.24) is 4.98 Å². The SMILES string of the molecule is CN(Cc1ccc(-c2cccs2)s1)c1cccc(N=Cc2ccc(-c3cccs3)s2)n1. The third-order valence-corrected chi connectivity index (χ3v) is 8.87. The molecule has 154 valence electrons. The molecule has 0 amide bonds. The minimum atomic E-state index is 0.723. The maximum absolute atomic E-state index is 4.74. The van der Waals surface area contributed by atoms with Crippen molar-refractivity contribution < 1.29 is 0 Å². The van der Waals surface area contributed by atoms with Crippen molar-refractivity contribution in [3.05, 3.63) is 87.2 Å². The Morgan fingerprint density at radius 2 is 1.55 bits per heavy atom. The van der Waals surface area contributed by atoms with Crippen molar-refractivity contribution in [3.8, 4) is 19.5 Å². The minimum absolute atomic E-state index is 0.723. The van der Waals surface area contributed by atoms with E-state index in [-0.39, 0.29) is 0 Å². The van der Waals surface area contributed by atoms with Crippen molar-refractivity contribution in [2.45, 2.75) is 6.54 Å². The Bertz CT molecular complexity index is 1280. The summed E-state index contributed by atoms with van der Waals surface area (Å²) in [6, 6.07) is 23.2. The van der Waals surface area contributed by atoms with Crippen LogP contribution in [0.15, 0.2) is 82.5 Å². The predicted molar refractivity (Wildman–Crippen MR) is 139 cm³/mol. The van der Waals surface area contributed by atoms with Gasteiger partial charge in [0.15, 0.2) is 5.82 Å². The van der Waals surface area contributed by atoms with Crippen LogP contribution in [0.3, 0.4) is 0 Å². The first-order valence-corrected chi connectivity index (χ1v) is 13.1. The molecule has 0 aliphatic rings. The van der Waals surface area contributed by atoms with Crippen LogP contribution in [-0.4, -0.2) is 18.2 Å². The number of aromatic nitrogens is 1. The topological polar surface area (TPSA) is 28.5 Å². The van der Waals surface area contributed by atoms with Crippen LogP contribution in [0.2, 0.25) is 0 Å². The summed E-state index contributed by atoms with van der Waals surface area (Å²) in [6.45, 7) is 0.825. The number of rotatable bonds is 7. The van der Waals surface area contributed by atoms with E-state index in [2.05, 4.69) is 76.2 Å². The molecule has 0 aliphatic carbocycles. The van der Waals surface area contributed by atoms with Gasteiger partial charge in [0.25, 0.3) is 0 Å². The van der Waals surface area contributed by atoms with Gasteiger partial charge in [-0.05, 0) is 59.3 Å². The maximum atomic E-state index is 4.74. The zero-order valence-electron chi connectivity index (χ0n) is 16.8. The van der Waals surface area contributed by atoms with E-state index in [1.807, 2.05) is 35.8 Å². The van der Waals surface area contributed by atoms with Gasteiger partial charge in [-0.15, -0.1) is 45.3 Å². The molecular formula is C24H19N3S4. The number of hydrogen-bond donors (Lipinski definition) is 0. The van der Waals surface area contributed by atoms with Crippen LogP contribution in [0.25, 0.3) is 19.5 Å². The summed E-state index contributed by atoms with van der Waals surface area (Å²) in [7, 11) is 2.08. The van der Waals surface area contributed by atoms with Crippen molar-refractivity contribution in [3.63, 3.8) is 0 Å². The maximum Gasteiger partial charge on any atom is 0.154 e. The molecule has 0 saturated carbocycles. The van der Waals surface area contributed by atoms with E-state index < -0.39 is 0 Å². The summed E-state index contributed by atoms with van der Waals surface area (Å²) in [4.78, 5) is 19.2. The summed E-state index contributed by atoms with van der Waals surface area (Å²) in [5.41, 5.74) is 0. The molecule has 5 aromatic rings. The van der Waals surface area contributed by atoms with E-state index in [0.29, 0.717) is 0 Å². The monoisotopic (exact) mass is 477 g/mol. The van der Waals surface area contributed by atoms with E-state index in [4.69, 9.17) is 4.98 Å². The van der Waals surface area contributed by atoms with Gasteiger partial charge < -0.3 is 4.90 Å². The third-order valence-electron chi connectivity index (χ3n) is 4.64. The predicted octanol–water partition coefficient (Wildman–Crippen LogP) is 8.05. The van der Waals surface area contributed by atoms with Gasteiger partial charge >= 0.3 is 0 Å². The normalized spacial score (nSPS) is 11.4. The summed E-state index contributed by atoms with van der Waals surface area (Å²) in [5, 5.41) is 4.23. The van der Waals surface area contributed by atoms with Crippen molar-refractivity contribution in [2.24, 2.45) is 4.99 Å². The highest BCUT2D eigenvalue weighted by molar-refractivity contribution is 7.22. The molecule has 0 N–H and O–H groups in total. The quantitative estimate of drug-likeness (QED) is 0.222. The fourth-order valence-corrected chi connectivity index (χ4v) is 6.74. The lowest BCUT2D eigenvalue weighted by atomic mass is 10.3. The molecular weight excluding hydrogens is 459 g/mol. The molecule has 0 unspecified atom stereocenters. The summed E-state index contributed by atoms with van der Waals surface area (Å²) in [5.74, 6) is 1.65. The molecule has 0 aromatic carbocycles. The Labute approximate surface area is 197 Å². The molecule has 5 rings (SSSR count). The van der Waals surface area contributed by atoms with Crippen LogP contribution in [0.4, 0.5) is 11.6 Å². The Hall–Kier alpha value is -2.58. The van der Waals surface area contributed by atoms with Crippen molar-refractivity contribution in [1.29, 1.82) is 0 Å². The van der Waals surface area contributed by atoms with Gasteiger partial charge in [-0.3, -0.25) is 0 Å². The average molecular weight is 478 g/mol. The van der Waals surface area contributed by atoms with Crippen LogP contribution in [0, 0.1) is 0 Å². The molecule has 0 spiro atoms. The highest BCUT2D eigenvalue weighted by Crippen LogP contribution is 2.33.